The fraction of sp³-hybridized carbons (Fsp3) is 0.529. The third kappa shape index (κ3) is 3.20. The van der Waals surface area contributed by atoms with Crippen LogP contribution in [0, 0.1) is 0 Å². The van der Waals surface area contributed by atoms with Crippen molar-refractivity contribution in [2.75, 3.05) is 0 Å². The van der Waals surface area contributed by atoms with Gasteiger partial charge in [-0.1, -0.05) is 68.4 Å². The van der Waals surface area contributed by atoms with Crippen molar-refractivity contribution in [3.63, 3.8) is 0 Å². The standard InChI is InChI=1S/C17H24S/c1-14-9-7-8-12-17(14,18-16(2,3)4)13-15-10-5-6-11-15/h5,7-11H,6,12-13H2,1-4H3. The van der Waals surface area contributed by atoms with Crippen LogP contribution in [0.1, 0.15) is 47.0 Å². The van der Waals surface area contributed by atoms with Gasteiger partial charge in [-0.05, 0) is 26.2 Å². The number of rotatable bonds is 3. The minimum absolute atomic E-state index is 0.257. The maximum absolute atomic E-state index is 2.37. The molecule has 0 spiro atoms. The third-order valence-electron chi connectivity index (χ3n) is 3.49. The van der Waals surface area contributed by atoms with Crippen LogP contribution in [0.25, 0.3) is 0 Å². The lowest BCUT2D eigenvalue weighted by Crippen LogP contribution is -2.32. The zero-order valence-corrected chi connectivity index (χ0v) is 12.8. The molecule has 0 aliphatic heterocycles. The van der Waals surface area contributed by atoms with Crippen LogP contribution in [-0.4, -0.2) is 9.49 Å². The van der Waals surface area contributed by atoms with Crippen LogP contribution in [-0.2, 0) is 0 Å². The summed E-state index contributed by atoms with van der Waals surface area (Å²) in [6.45, 7) is 9.26. The second-order valence-electron chi connectivity index (χ2n) is 6.28. The normalized spacial score (nSPS) is 27.3. The smallest absolute Gasteiger partial charge is 0.0448 e. The van der Waals surface area contributed by atoms with E-state index < -0.39 is 0 Å². The Morgan fingerprint density at radius 3 is 2.61 bits per heavy atom. The highest BCUT2D eigenvalue weighted by Crippen LogP contribution is 2.49. The van der Waals surface area contributed by atoms with Crippen LogP contribution in [0.2, 0.25) is 0 Å². The summed E-state index contributed by atoms with van der Waals surface area (Å²) in [4.78, 5) is 0. The van der Waals surface area contributed by atoms with Crippen LogP contribution < -0.4 is 0 Å². The first-order valence-corrected chi connectivity index (χ1v) is 7.63. The van der Waals surface area contributed by atoms with Gasteiger partial charge in [-0.15, -0.1) is 11.8 Å². The summed E-state index contributed by atoms with van der Waals surface area (Å²) in [6.07, 6.45) is 17.2. The molecular weight excluding hydrogens is 236 g/mol. The van der Waals surface area contributed by atoms with E-state index in [1.165, 1.54) is 11.1 Å². The summed E-state index contributed by atoms with van der Waals surface area (Å²) in [5.41, 5.74) is 3.03. The Balaban J connectivity index is 2.25. The summed E-state index contributed by atoms with van der Waals surface area (Å²) < 4.78 is 0.552. The van der Waals surface area contributed by atoms with Crippen molar-refractivity contribution in [3.8, 4) is 0 Å². The highest BCUT2D eigenvalue weighted by molar-refractivity contribution is 8.02. The van der Waals surface area contributed by atoms with Gasteiger partial charge in [0.1, 0.15) is 0 Å². The number of thioether (sulfide) groups is 1. The van der Waals surface area contributed by atoms with Gasteiger partial charge in [0.15, 0.2) is 0 Å². The summed E-state index contributed by atoms with van der Waals surface area (Å²) in [7, 11) is 0. The summed E-state index contributed by atoms with van der Waals surface area (Å²) >= 11 is 2.13. The van der Waals surface area contributed by atoms with E-state index in [-0.39, 0.29) is 4.75 Å². The predicted octanol–water partition coefficient (Wildman–Crippen LogP) is 5.44. The fourth-order valence-corrected chi connectivity index (χ4v) is 4.53. The number of allylic oxidation sites excluding steroid dienone is 7. The van der Waals surface area contributed by atoms with Crippen molar-refractivity contribution in [2.24, 2.45) is 0 Å². The van der Waals surface area contributed by atoms with Crippen molar-refractivity contribution in [1.29, 1.82) is 0 Å². The molecule has 0 aromatic heterocycles. The van der Waals surface area contributed by atoms with E-state index in [0.29, 0.717) is 4.75 Å². The summed E-state index contributed by atoms with van der Waals surface area (Å²) in [6, 6.07) is 0. The molecule has 0 amide bonds. The highest BCUT2D eigenvalue weighted by Gasteiger charge is 2.37. The molecule has 0 radical (unpaired) electrons. The van der Waals surface area contributed by atoms with E-state index in [1.54, 1.807) is 0 Å². The molecule has 0 fully saturated rings. The van der Waals surface area contributed by atoms with Crippen LogP contribution in [0.3, 0.4) is 0 Å². The van der Waals surface area contributed by atoms with Gasteiger partial charge in [0.25, 0.3) is 0 Å². The lowest BCUT2D eigenvalue weighted by Gasteiger charge is -2.40. The van der Waals surface area contributed by atoms with Crippen molar-refractivity contribution in [3.05, 3.63) is 47.6 Å². The fourth-order valence-electron chi connectivity index (χ4n) is 2.71. The Bertz CT molecular complexity index is 429. The zero-order valence-electron chi connectivity index (χ0n) is 12.0. The zero-order chi connectivity index (χ0) is 13.2. The van der Waals surface area contributed by atoms with Gasteiger partial charge >= 0.3 is 0 Å². The summed E-state index contributed by atoms with van der Waals surface area (Å²) in [5.74, 6) is 0. The van der Waals surface area contributed by atoms with Gasteiger partial charge < -0.3 is 0 Å². The molecule has 2 aliphatic rings. The quantitative estimate of drug-likeness (QED) is 0.651. The van der Waals surface area contributed by atoms with E-state index in [4.69, 9.17) is 0 Å². The Morgan fingerprint density at radius 2 is 2.06 bits per heavy atom. The largest absolute Gasteiger partial charge is 0.144 e. The van der Waals surface area contributed by atoms with E-state index in [0.717, 1.165) is 19.3 Å². The first-order valence-electron chi connectivity index (χ1n) is 6.81. The molecule has 98 valence electrons. The molecule has 0 bridgehead atoms. The second-order valence-corrected chi connectivity index (χ2v) is 8.49. The third-order valence-corrected chi connectivity index (χ3v) is 5.12. The van der Waals surface area contributed by atoms with Gasteiger partial charge in [-0.25, -0.2) is 0 Å². The topological polar surface area (TPSA) is 0 Å². The monoisotopic (exact) mass is 260 g/mol. The Labute approximate surface area is 116 Å². The van der Waals surface area contributed by atoms with Crippen LogP contribution in [0.15, 0.2) is 47.6 Å². The van der Waals surface area contributed by atoms with Gasteiger partial charge in [-0.2, -0.15) is 0 Å². The van der Waals surface area contributed by atoms with Crippen LogP contribution in [0.5, 0.6) is 0 Å². The highest BCUT2D eigenvalue weighted by atomic mass is 32.2. The van der Waals surface area contributed by atoms with E-state index >= 15 is 0 Å². The molecule has 0 aromatic carbocycles. The molecule has 0 saturated heterocycles. The summed E-state index contributed by atoms with van der Waals surface area (Å²) in [5, 5.41) is 0. The van der Waals surface area contributed by atoms with Gasteiger partial charge in [0, 0.05) is 9.49 Å². The maximum Gasteiger partial charge on any atom is 0.0448 e. The maximum atomic E-state index is 2.37. The lowest BCUT2D eigenvalue weighted by atomic mass is 9.86. The average molecular weight is 260 g/mol. The Kier molecular flexibility index (Phi) is 3.91. The van der Waals surface area contributed by atoms with E-state index in [2.05, 4.69) is 75.9 Å². The average Bonchev–Trinajstić information content (AvgIpc) is 2.73. The Hall–Kier alpha value is -0.690. The molecule has 0 nitrogen and oxygen atoms in total. The first-order chi connectivity index (χ1) is 8.41. The molecule has 0 N–H and O–H groups in total. The Morgan fingerprint density at radius 1 is 1.28 bits per heavy atom. The molecule has 0 heterocycles. The molecule has 2 aliphatic carbocycles. The number of hydrogen-bond donors (Lipinski definition) is 0. The minimum atomic E-state index is 0.257. The van der Waals surface area contributed by atoms with Crippen molar-refractivity contribution in [1.82, 2.24) is 0 Å². The van der Waals surface area contributed by atoms with Crippen molar-refractivity contribution in [2.45, 2.75) is 56.5 Å². The van der Waals surface area contributed by atoms with Gasteiger partial charge in [0.2, 0.25) is 0 Å². The molecule has 1 atom stereocenters. The molecule has 2 rings (SSSR count). The van der Waals surface area contributed by atoms with Crippen LogP contribution in [0.4, 0.5) is 0 Å². The van der Waals surface area contributed by atoms with Crippen molar-refractivity contribution < 1.29 is 0 Å². The van der Waals surface area contributed by atoms with Crippen LogP contribution >= 0.6 is 11.8 Å². The van der Waals surface area contributed by atoms with Gasteiger partial charge in [-0.3, -0.25) is 0 Å². The van der Waals surface area contributed by atoms with E-state index in [9.17, 15) is 0 Å². The van der Waals surface area contributed by atoms with Crippen molar-refractivity contribution >= 4 is 11.8 Å². The molecule has 0 aromatic rings. The molecule has 0 saturated carbocycles. The first kappa shape index (κ1) is 13.7. The molecule has 18 heavy (non-hydrogen) atoms. The number of hydrogen-bond acceptors (Lipinski definition) is 1. The molecular formula is C17H24S. The second kappa shape index (κ2) is 5.13. The molecule has 1 heteroatoms. The predicted molar refractivity (Wildman–Crippen MR) is 84.0 cm³/mol. The SMILES string of the molecule is CC1=CC=CCC1(CC1=CCC=C1)SC(C)(C)C. The molecule has 1 unspecified atom stereocenters. The van der Waals surface area contributed by atoms with Gasteiger partial charge in [0.05, 0.1) is 0 Å². The lowest BCUT2D eigenvalue weighted by molar-refractivity contribution is 0.652. The minimum Gasteiger partial charge on any atom is -0.144 e. The van der Waals surface area contributed by atoms with E-state index in [1.807, 2.05) is 0 Å².